The molecule has 0 aromatic heterocycles. The van der Waals surface area contributed by atoms with Gasteiger partial charge in [-0.1, -0.05) is 288 Å². The van der Waals surface area contributed by atoms with Gasteiger partial charge in [0.25, 0.3) is 0 Å². The molecule has 0 aromatic carbocycles. The van der Waals surface area contributed by atoms with Crippen LogP contribution in [0.3, 0.4) is 0 Å². The monoisotopic (exact) mass is 855 g/mol. The number of hydrogen-bond acceptors (Lipinski definition) is 2. The Hall–Kier alpha value is -1.84. The van der Waals surface area contributed by atoms with Crippen molar-refractivity contribution in [3.8, 4) is 0 Å². The summed E-state index contributed by atoms with van der Waals surface area (Å²) in [7, 11) is 0. The second-order valence-corrected chi connectivity index (χ2v) is 19.0. The Morgan fingerprint density at radius 1 is 0.197 bits per heavy atom. The minimum atomic E-state index is -0.838. The molecule has 0 rings (SSSR count). The standard InChI is InChI=1S/C57H106O4/c58-56(59)54-52-50-48-46-44-42-40-38-36-34-32-30-28-26-24-22-20-18-16-14-12-10-8-6-4-2-1-3-5-7-9-11-13-15-17-19-21-23-25-27-29-31-33-35-37-39-41-43-45-47-49-51-53-55-57(60)61/h36,38,52-55H,1-35,37,39-51H2,(H,58,59)(H,60,61). The van der Waals surface area contributed by atoms with Gasteiger partial charge < -0.3 is 10.2 Å². The summed E-state index contributed by atoms with van der Waals surface area (Å²) in [5.41, 5.74) is 0. The number of aliphatic carboxylic acids is 2. The van der Waals surface area contributed by atoms with Gasteiger partial charge in [-0.15, -0.1) is 0 Å². The maximum absolute atomic E-state index is 10.4. The van der Waals surface area contributed by atoms with E-state index >= 15 is 0 Å². The van der Waals surface area contributed by atoms with Gasteiger partial charge >= 0.3 is 11.9 Å². The summed E-state index contributed by atoms with van der Waals surface area (Å²) >= 11 is 0. The second-order valence-electron chi connectivity index (χ2n) is 19.0. The van der Waals surface area contributed by atoms with Crippen molar-refractivity contribution in [2.75, 3.05) is 0 Å². The summed E-state index contributed by atoms with van der Waals surface area (Å²) in [5, 5.41) is 17.2. The average molecular weight is 855 g/mol. The predicted octanol–water partition coefficient (Wildman–Crippen LogP) is 19.9. The molecule has 61 heavy (non-hydrogen) atoms. The molecule has 4 nitrogen and oxygen atoms in total. The zero-order valence-corrected chi connectivity index (χ0v) is 40.8. The molecule has 2 N–H and O–H groups in total. The molecule has 0 aliphatic rings. The number of rotatable bonds is 53. The molecule has 0 saturated heterocycles. The van der Waals surface area contributed by atoms with Crippen molar-refractivity contribution in [2.24, 2.45) is 0 Å². The van der Waals surface area contributed by atoms with E-state index in [0.717, 1.165) is 25.7 Å². The van der Waals surface area contributed by atoms with Crippen LogP contribution in [-0.2, 0) is 9.59 Å². The number of allylic oxidation sites excluding steroid dienone is 4. The van der Waals surface area contributed by atoms with E-state index in [1.165, 1.54) is 301 Å². The van der Waals surface area contributed by atoms with E-state index in [0.29, 0.717) is 0 Å². The smallest absolute Gasteiger partial charge is 0.327 e. The molecular weight excluding hydrogens is 749 g/mol. The Balaban J connectivity index is 3.11. The van der Waals surface area contributed by atoms with Crippen LogP contribution in [0.4, 0.5) is 0 Å². The topological polar surface area (TPSA) is 74.6 Å². The second kappa shape index (κ2) is 54.3. The quantitative estimate of drug-likeness (QED) is 0.0363. The van der Waals surface area contributed by atoms with Crippen molar-refractivity contribution in [1.29, 1.82) is 0 Å². The van der Waals surface area contributed by atoms with Crippen molar-refractivity contribution < 1.29 is 19.8 Å². The van der Waals surface area contributed by atoms with Gasteiger partial charge in [0.2, 0.25) is 0 Å². The molecule has 0 bridgehead atoms. The SMILES string of the molecule is O=C(O)C=CCCCCCCC=CCCCCCCCCCCCCCCCCCCCCCCCCCCCCCCCCCCCCCCCCCCCC=CC(=O)O. The first kappa shape index (κ1) is 59.2. The van der Waals surface area contributed by atoms with E-state index in [9.17, 15) is 9.59 Å². The van der Waals surface area contributed by atoms with Gasteiger partial charge in [0.15, 0.2) is 0 Å². The molecule has 4 heteroatoms. The molecular formula is C57H106O4. The summed E-state index contributed by atoms with van der Waals surface area (Å²) in [4.78, 5) is 20.9. The Kier molecular flexibility index (Phi) is 52.7. The third-order valence-electron chi connectivity index (χ3n) is 12.9. The van der Waals surface area contributed by atoms with Gasteiger partial charge in [-0.25, -0.2) is 9.59 Å². The van der Waals surface area contributed by atoms with Crippen LogP contribution in [0.5, 0.6) is 0 Å². The van der Waals surface area contributed by atoms with E-state index in [1.54, 1.807) is 12.2 Å². The molecule has 0 amide bonds. The third kappa shape index (κ3) is 58.2. The van der Waals surface area contributed by atoms with Crippen LogP contribution in [-0.4, -0.2) is 22.2 Å². The highest BCUT2D eigenvalue weighted by molar-refractivity contribution is 5.79. The lowest BCUT2D eigenvalue weighted by Gasteiger charge is -2.05. The van der Waals surface area contributed by atoms with Crippen LogP contribution in [0.25, 0.3) is 0 Å². The Morgan fingerprint density at radius 2 is 0.311 bits per heavy atom. The van der Waals surface area contributed by atoms with Crippen molar-refractivity contribution in [1.82, 2.24) is 0 Å². The number of hydrogen-bond donors (Lipinski definition) is 2. The summed E-state index contributed by atoms with van der Waals surface area (Å²) in [6.45, 7) is 0. The molecule has 0 spiro atoms. The molecule has 0 aliphatic carbocycles. The summed E-state index contributed by atoms with van der Waals surface area (Å²) in [6.07, 6.45) is 78.5. The van der Waals surface area contributed by atoms with Gasteiger partial charge in [0, 0.05) is 12.2 Å². The fourth-order valence-corrected chi connectivity index (χ4v) is 8.90. The van der Waals surface area contributed by atoms with E-state index in [4.69, 9.17) is 10.2 Å². The van der Waals surface area contributed by atoms with Crippen molar-refractivity contribution in [2.45, 2.75) is 315 Å². The van der Waals surface area contributed by atoms with Crippen LogP contribution < -0.4 is 0 Å². The van der Waals surface area contributed by atoms with Crippen LogP contribution >= 0.6 is 0 Å². The van der Waals surface area contributed by atoms with Crippen molar-refractivity contribution >= 4 is 11.9 Å². The van der Waals surface area contributed by atoms with E-state index in [2.05, 4.69) is 12.2 Å². The zero-order chi connectivity index (χ0) is 44.0. The van der Waals surface area contributed by atoms with Crippen LogP contribution in [0, 0.1) is 0 Å². The lowest BCUT2D eigenvalue weighted by molar-refractivity contribution is -0.132. The highest BCUT2D eigenvalue weighted by Gasteiger charge is 1.99. The van der Waals surface area contributed by atoms with E-state index in [1.807, 2.05) is 0 Å². The normalized spacial score (nSPS) is 11.9. The fraction of sp³-hybridized carbons (Fsp3) is 0.860. The molecule has 0 fully saturated rings. The van der Waals surface area contributed by atoms with Gasteiger partial charge in [-0.05, 0) is 51.4 Å². The summed E-state index contributed by atoms with van der Waals surface area (Å²) in [6, 6.07) is 0. The zero-order valence-electron chi connectivity index (χ0n) is 40.8. The third-order valence-corrected chi connectivity index (χ3v) is 12.9. The minimum Gasteiger partial charge on any atom is -0.478 e. The molecule has 0 unspecified atom stereocenters. The van der Waals surface area contributed by atoms with Gasteiger partial charge in [-0.2, -0.15) is 0 Å². The highest BCUT2D eigenvalue weighted by Crippen LogP contribution is 2.18. The molecule has 0 saturated carbocycles. The first-order valence-corrected chi connectivity index (χ1v) is 27.6. The van der Waals surface area contributed by atoms with Crippen LogP contribution in [0.2, 0.25) is 0 Å². The molecule has 0 heterocycles. The predicted molar refractivity (Wildman–Crippen MR) is 269 cm³/mol. The van der Waals surface area contributed by atoms with Gasteiger partial charge in [0.1, 0.15) is 0 Å². The number of carbonyl (C=O) groups is 2. The Bertz CT molecular complexity index is 951. The maximum Gasteiger partial charge on any atom is 0.327 e. The van der Waals surface area contributed by atoms with Crippen molar-refractivity contribution in [3.63, 3.8) is 0 Å². The number of unbranched alkanes of at least 4 members (excludes halogenated alkanes) is 47. The number of carboxylic acids is 2. The summed E-state index contributed by atoms with van der Waals surface area (Å²) < 4.78 is 0. The molecule has 0 aliphatic heterocycles. The van der Waals surface area contributed by atoms with Gasteiger partial charge in [-0.3, -0.25) is 0 Å². The molecule has 358 valence electrons. The Morgan fingerprint density at radius 3 is 0.443 bits per heavy atom. The average Bonchev–Trinajstić information content (AvgIpc) is 3.24. The fourth-order valence-electron chi connectivity index (χ4n) is 8.90. The highest BCUT2D eigenvalue weighted by atomic mass is 16.4. The first-order valence-electron chi connectivity index (χ1n) is 27.6. The number of carboxylic acid groups (broad SMARTS) is 2. The molecule has 0 aromatic rings. The first-order chi connectivity index (χ1) is 30.1. The maximum atomic E-state index is 10.4. The van der Waals surface area contributed by atoms with Crippen LogP contribution in [0.15, 0.2) is 36.5 Å². The Labute approximate surface area is 381 Å². The van der Waals surface area contributed by atoms with E-state index in [-0.39, 0.29) is 0 Å². The lowest BCUT2D eigenvalue weighted by atomic mass is 10.0. The molecule has 0 radical (unpaired) electrons. The summed E-state index contributed by atoms with van der Waals surface area (Å²) in [5.74, 6) is -1.67. The lowest BCUT2D eigenvalue weighted by Crippen LogP contribution is -1.86. The largest absolute Gasteiger partial charge is 0.478 e. The van der Waals surface area contributed by atoms with Gasteiger partial charge in [0.05, 0.1) is 0 Å². The minimum absolute atomic E-state index is 0.830. The van der Waals surface area contributed by atoms with Crippen molar-refractivity contribution in [3.05, 3.63) is 36.5 Å². The molecule has 0 atom stereocenters. The van der Waals surface area contributed by atoms with Crippen LogP contribution in [0.1, 0.15) is 315 Å². The van der Waals surface area contributed by atoms with E-state index < -0.39 is 11.9 Å².